The molecular formula is C15H21NO3. The number of benzene rings is 1. The van der Waals surface area contributed by atoms with E-state index in [-0.39, 0.29) is 12.0 Å². The molecule has 4 heteroatoms. The fraction of sp³-hybridized carbons (Fsp3) is 0.533. The lowest BCUT2D eigenvalue weighted by Gasteiger charge is -2.37. The van der Waals surface area contributed by atoms with Crippen molar-refractivity contribution in [2.24, 2.45) is 5.92 Å². The summed E-state index contributed by atoms with van der Waals surface area (Å²) in [6, 6.07) is 8.20. The standard InChI is InChI=1S/C15H21NO3/c1-11(2)19-10-13-6-4-3-5-12(13)7-16-8-14(9-16)15(17)18/h3-6,11,14H,7-10H2,1-2H3,(H,17,18). The van der Waals surface area contributed by atoms with Gasteiger partial charge in [0.2, 0.25) is 0 Å². The average Bonchev–Trinajstić information content (AvgIpc) is 2.31. The molecule has 0 unspecified atom stereocenters. The lowest BCUT2D eigenvalue weighted by atomic mass is 9.98. The highest BCUT2D eigenvalue weighted by Gasteiger charge is 2.32. The summed E-state index contributed by atoms with van der Waals surface area (Å²) in [5.74, 6) is -0.883. The first-order valence-corrected chi connectivity index (χ1v) is 6.70. The minimum Gasteiger partial charge on any atom is -0.481 e. The molecule has 1 saturated heterocycles. The number of hydrogen-bond acceptors (Lipinski definition) is 3. The number of aliphatic carboxylic acids is 1. The second-order valence-corrected chi connectivity index (χ2v) is 5.36. The Morgan fingerprint density at radius 3 is 2.58 bits per heavy atom. The molecule has 0 radical (unpaired) electrons. The van der Waals surface area contributed by atoms with Crippen molar-refractivity contribution in [1.29, 1.82) is 0 Å². The maximum atomic E-state index is 10.8. The second-order valence-electron chi connectivity index (χ2n) is 5.36. The van der Waals surface area contributed by atoms with E-state index < -0.39 is 5.97 Å². The molecule has 0 aromatic heterocycles. The van der Waals surface area contributed by atoms with Gasteiger partial charge in [-0.25, -0.2) is 0 Å². The van der Waals surface area contributed by atoms with Crippen LogP contribution in [0.2, 0.25) is 0 Å². The summed E-state index contributed by atoms with van der Waals surface area (Å²) in [7, 11) is 0. The molecule has 1 heterocycles. The molecule has 0 amide bonds. The third-order valence-corrected chi connectivity index (χ3v) is 3.39. The van der Waals surface area contributed by atoms with E-state index in [1.54, 1.807) is 0 Å². The summed E-state index contributed by atoms with van der Waals surface area (Å²) in [5, 5.41) is 8.87. The van der Waals surface area contributed by atoms with Gasteiger partial charge in [-0.1, -0.05) is 24.3 Å². The van der Waals surface area contributed by atoms with E-state index in [1.165, 1.54) is 11.1 Å². The van der Waals surface area contributed by atoms with E-state index in [0.717, 1.165) is 6.54 Å². The predicted octanol–water partition coefficient (Wildman–Crippen LogP) is 2.13. The maximum Gasteiger partial charge on any atom is 0.309 e. The molecule has 1 fully saturated rings. The summed E-state index contributed by atoms with van der Waals surface area (Å²) >= 11 is 0. The van der Waals surface area contributed by atoms with Crippen LogP contribution in [0.25, 0.3) is 0 Å². The SMILES string of the molecule is CC(C)OCc1ccccc1CN1CC(C(=O)O)C1. The lowest BCUT2D eigenvalue weighted by molar-refractivity contribution is -0.147. The van der Waals surface area contributed by atoms with Gasteiger partial charge in [-0.15, -0.1) is 0 Å². The zero-order valence-electron chi connectivity index (χ0n) is 11.5. The molecule has 2 rings (SSSR count). The first-order chi connectivity index (χ1) is 9.06. The van der Waals surface area contributed by atoms with Crippen LogP contribution in [0.4, 0.5) is 0 Å². The third kappa shape index (κ3) is 3.78. The lowest BCUT2D eigenvalue weighted by Crippen LogP contribution is -2.49. The molecule has 4 nitrogen and oxygen atoms in total. The number of likely N-dealkylation sites (tertiary alicyclic amines) is 1. The summed E-state index contributed by atoms with van der Waals surface area (Å²) in [6.45, 7) is 6.76. The highest BCUT2D eigenvalue weighted by Crippen LogP contribution is 2.21. The Bertz CT molecular complexity index is 439. The van der Waals surface area contributed by atoms with Crippen LogP contribution in [-0.2, 0) is 22.7 Å². The van der Waals surface area contributed by atoms with Crippen molar-refractivity contribution in [1.82, 2.24) is 4.90 Å². The summed E-state index contributed by atoms with van der Waals surface area (Å²) in [4.78, 5) is 12.9. The van der Waals surface area contributed by atoms with Crippen molar-refractivity contribution >= 4 is 5.97 Å². The quantitative estimate of drug-likeness (QED) is 0.854. The summed E-state index contributed by atoms with van der Waals surface area (Å²) in [5.41, 5.74) is 2.42. The number of nitrogens with zero attached hydrogens (tertiary/aromatic N) is 1. The van der Waals surface area contributed by atoms with E-state index in [1.807, 2.05) is 26.0 Å². The Hall–Kier alpha value is -1.39. The maximum absolute atomic E-state index is 10.8. The van der Waals surface area contributed by atoms with E-state index in [2.05, 4.69) is 17.0 Å². The smallest absolute Gasteiger partial charge is 0.309 e. The van der Waals surface area contributed by atoms with Crippen LogP contribution >= 0.6 is 0 Å². The number of carboxylic acids is 1. The zero-order chi connectivity index (χ0) is 13.8. The average molecular weight is 263 g/mol. The fourth-order valence-corrected chi connectivity index (χ4v) is 2.21. The van der Waals surface area contributed by atoms with Crippen molar-refractivity contribution in [2.45, 2.75) is 33.1 Å². The molecular weight excluding hydrogens is 242 g/mol. The first kappa shape index (κ1) is 14.0. The van der Waals surface area contributed by atoms with Gasteiger partial charge in [-0.3, -0.25) is 9.69 Å². The molecule has 0 aliphatic carbocycles. The first-order valence-electron chi connectivity index (χ1n) is 6.70. The monoisotopic (exact) mass is 263 g/mol. The number of carbonyl (C=O) groups is 1. The fourth-order valence-electron chi connectivity index (χ4n) is 2.21. The van der Waals surface area contributed by atoms with Gasteiger partial charge in [0.15, 0.2) is 0 Å². The molecule has 0 saturated carbocycles. The van der Waals surface area contributed by atoms with Crippen molar-refractivity contribution in [3.05, 3.63) is 35.4 Å². The predicted molar refractivity (Wildman–Crippen MR) is 72.8 cm³/mol. The van der Waals surface area contributed by atoms with Crippen molar-refractivity contribution < 1.29 is 14.6 Å². The zero-order valence-corrected chi connectivity index (χ0v) is 11.5. The molecule has 0 spiro atoms. The molecule has 19 heavy (non-hydrogen) atoms. The van der Waals surface area contributed by atoms with Crippen LogP contribution in [0.1, 0.15) is 25.0 Å². The van der Waals surface area contributed by atoms with Gasteiger partial charge in [-0.05, 0) is 25.0 Å². The number of ether oxygens (including phenoxy) is 1. The van der Waals surface area contributed by atoms with Gasteiger partial charge in [0, 0.05) is 19.6 Å². The van der Waals surface area contributed by atoms with Gasteiger partial charge in [0.1, 0.15) is 0 Å². The van der Waals surface area contributed by atoms with Crippen molar-refractivity contribution in [3.8, 4) is 0 Å². The Morgan fingerprint density at radius 2 is 2.00 bits per heavy atom. The summed E-state index contributed by atoms with van der Waals surface area (Å²) < 4.78 is 5.65. The number of carboxylic acid groups (broad SMARTS) is 1. The van der Waals surface area contributed by atoms with Crippen molar-refractivity contribution in [3.63, 3.8) is 0 Å². The molecule has 104 valence electrons. The second kappa shape index (κ2) is 6.17. The molecule has 0 bridgehead atoms. The van der Waals surface area contributed by atoms with E-state index in [0.29, 0.717) is 19.7 Å². The Labute approximate surface area is 114 Å². The van der Waals surface area contributed by atoms with Crippen LogP contribution in [0, 0.1) is 5.92 Å². The van der Waals surface area contributed by atoms with Crippen LogP contribution < -0.4 is 0 Å². The van der Waals surface area contributed by atoms with Gasteiger partial charge < -0.3 is 9.84 Å². The number of rotatable bonds is 6. The van der Waals surface area contributed by atoms with Gasteiger partial charge >= 0.3 is 5.97 Å². The van der Waals surface area contributed by atoms with Crippen LogP contribution in [0.5, 0.6) is 0 Å². The molecule has 1 aliphatic heterocycles. The minimum absolute atomic E-state index is 0.195. The topological polar surface area (TPSA) is 49.8 Å². The Balaban J connectivity index is 1.91. The number of hydrogen-bond donors (Lipinski definition) is 1. The minimum atomic E-state index is -0.687. The van der Waals surface area contributed by atoms with Crippen LogP contribution in [0.3, 0.4) is 0 Å². The Morgan fingerprint density at radius 1 is 1.37 bits per heavy atom. The summed E-state index contributed by atoms with van der Waals surface area (Å²) in [6.07, 6.45) is 0.216. The highest BCUT2D eigenvalue weighted by atomic mass is 16.5. The molecule has 1 N–H and O–H groups in total. The van der Waals surface area contributed by atoms with Gasteiger partial charge in [0.25, 0.3) is 0 Å². The third-order valence-electron chi connectivity index (χ3n) is 3.39. The Kier molecular flexibility index (Phi) is 4.56. The van der Waals surface area contributed by atoms with Gasteiger partial charge in [-0.2, -0.15) is 0 Å². The van der Waals surface area contributed by atoms with E-state index in [9.17, 15) is 4.79 Å². The van der Waals surface area contributed by atoms with E-state index in [4.69, 9.17) is 9.84 Å². The van der Waals surface area contributed by atoms with Crippen LogP contribution in [-0.4, -0.2) is 35.2 Å². The molecule has 1 aromatic rings. The van der Waals surface area contributed by atoms with E-state index >= 15 is 0 Å². The van der Waals surface area contributed by atoms with Crippen molar-refractivity contribution in [2.75, 3.05) is 13.1 Å². The highest BCUT2D eigenvalue weighted by molar-refractivity contribution is 5.71. The van der Waals surface area contributed by atoms with Gasteiger partial charge in [0.05, 0.1) is 18.6 Å². The van der Waals surface area contributed by atoms with Crippen LogP contribution in [0.15, 0.2) is 24.3 Å². The molecule has 1 aromatic carbocycles. The molecule has 1 aliphatic rings. The largest absolute Gasteiger partial charge is 0.481 e. The normalized spacial score (nSPS) is 16.6. The molecule has 0 atom stereocenters.